The van der Waals surface area contributed by atoms with Gasteiger partial charge in [0, 0.05) is 11.8 Å². The zero-order valence-corrected chi connectivity index (χ0v) is 9.58. The molecule has 2 aromatic rings. The van der Waals surface area contributed by atoms with E-state index < -0.39 is 0 Å². The van der Waals surface area contributed by atoms with Gasteiger partial charge in [0.05, 0.1) is 5.69 Å². The lowest BCUT2D eigenvalue weighted by Gasteiger charge is -2.08. The third-order valence-electron chi connectivity index (χ3n) is 3.54. The molecule has 3 rings (SSSR count). The summed E-state index contributed by atoms with van der Waals surface area (Å²) in [5.74, 6) is 0. The molecule has 82 valence electrons. The van der Waals surface area contributed by atoms with Crippen molar-refractivity contribution in [2.24, 2.45) is 0 Å². The van der Waals surface area contributed by atoms with Crippen LogP contribution in [0.15, 0.2) is 17.1 Å². The van der Waals surface area contributed by atoms with Crippen LogP contribution in [0, 0.1) is 13.8 Å². The first kappa shape index (κ1) is 9.58. The summed E-state index contributed by atoms with van der Waals surface area (Å²) in [6, 6.07) is 1.98. The highest BCUT2D eigenvalue weighted by Gasteiger charge is 2.18. The van der Waals surface area contributed by atoms with E-state index in [2.05, 4.69) is 11.9 Å². The largest absolute Gasteiger partial charge is 0.269 e. The van der Waals surface area contributed by atoms with E-state index in [0.717, 1.165) is 41.7 Å². The molecule has 1 aliphatic carbocycles. The van der Waals surface area contributed by atoms with Crippen LogP contribution in [0.4, 0.5) is 0 Å². The van der Waals surface area contributed by atoms with Crippen molar-refractivity contribution in [3.05, 3.63) is 45.0 Å². The molecule has 0 fully saturated rings. The predicted octanol–water partition coefficient (Wildman–Crippen LogP) is 1.80. The Bertz CT molecular complexity index is 640. The van der Waals surface area contributed by atoms with Crippen molar-refractivity contribution in [3.8, 4) is 0 Å². The van der Waals surface area contributed by atoms with Gasteiger partial charge in [0.1, 0.15) is 5.65 Å². The molecule has 2 aromatic heterocycles. The summed E-state index contributed by atoms with van der Waals surface area (Å²) in [5, 5.41) is 0. The Morgan fingerprint density at radius 1 is 1.31 bits per heavy atom. The summed E-state index contributed by atoms with van der Waals surface area (Å²) in [5.41, 5.74) is 5.17. The van der Waals surface area contributed by atoms with Gasteiger partial charge in [-0.1, -0.05) is 0 Å². The molecular weight excluding hydrogens is 200 g/mol. The van der Waals surface area contributed by atoms with Gasteiger partial charge in [-0.3, -0.25) is 9.20 Å². The van der Waals surface area contributed by atoms with Crippen molar-refractivity contribution in [3.63, 3.8) is 0 Å². The van der Waals surface area contributed by atoms with Gasteiger partial charge >= 0.3 is 0 Å². The lowest BCUT2D eigenvalue weighted by molar-refractivity contribution is 0.899. The summed E-state index contributed by atoms with van der Waals surface area (Å²) >= 11 is 0. The Hall–Kier alpha value is -1.64. The van der Waals surface area contributed by atoms with Crippen LogP contribution in [0.25, 0.3) is 5.65 Å². The lowest BCUT2D eigenvalue weighted by Crippen LogP contribution is -2.20. The van der Waals surface area contributed by atoms with Crippen molar-refractivity contribution in [1.29, 1.82) is 0 Å². The molecule has 0 unspecified atom stereocenters. The number of fused-ring (bicyclic) bond motifs is 2. The quantitative estimate of drug-likeness (QED) is 0.670. The van der Waals surface area contributed by atoms with E-state index in [1.165, 1.54) is 5.56 Å². The molecule has 0 bridgehead atoms. The summed E-state index contributed by atoms with van der Waals surface area (Å²) in [4.78, 5) is 16.8. The van der Waals surface area contributed by atoms with Crippen LogP contribution in [0.1, 0.15) is 28.8 Å². The molecule has 0 aromatic carbocycles. The Morgan fingerprint density at radius 3 is 2.94 bits per heavy atom. The van der Waals surface area contributed by atoms with Crippen molar-refractivity contribution in [2.45, 2.75) is 33.1 Å². The minimum absolute atomic E-state index is 0.126. The standard InChI is InChI=1S/C13H14N2O/c1-8-6-7-15-12(9(8)2)14-11-5-3-4-10(11)13(15)16/h6-7H,3-5H2,1-2H3. The number of hydrogen-bond acceptors (Lipinski definition) is 2. The van der Waals surface area contributed by atoms with E-state index in [9.17, 15) is 4.79 Å². The molecule has 0 saturated heterocycles. The van der Waals surface area contributed by atoms with E-state index in [4.69, 9.17) is 0 Å². The summed E-state index contributed by atoms with van der Waals surface area (Å²) in [6.45, 7) is 4.08. The number of hydrogen-bond donors (Lipinski definition) is 0. The number of nitrogens with zero attached hydrogens (tertiary/aromatic N) is 2. The van der Waals surface area contributed by atoms with E-state index in [1.54, 1.807) is 4.40 Å². The van der Waals surface area contributed by atoms with E-state index in [-0.39, 0.29) is 5.56 Å². The SMILES string of the molecule is Cc1ccn2c(=O)c3c(nc2c1C)CCC3. The first-order valence-corrected chi connectivity index (χ1v) is 5.69. The van der Waals surface area contributed by atoms with Crippen LogP contribution in [-0.4, -0.2) is 9.38 Å². The van der Waals surface area contributed by atoms with Gasteiger partial charge in [-0.25, -0.2) is 4.98 Å². The third-order valence-corrected chi connectivity index (χ3v) is 3.54. The maximum atomic E-state index is 12.2. The van der Waals surface area contributed by atoms with Crippen LogP contribution in [-0.2, 0) is 12.8 Å². The summed E-state index contributed by atoms with van der Waals surface area (Å²) in [7, 11) is 0. The van der Waals surface area contributed by atoms with Crippen molar-refractivity contribution < 1.29 is 0 Å². The van der Waals surface area contributed by atoms with Crippen LogP contribution >= 0.6 is 0 Å². The Morgan fingerprint density at radius 2 is 2.12 bits per heavy atom. The van der Waals surface area contributed by atoms with Gasteiger partial charge in [-0.15, -0.1) is 0 Å². The molecule has 0 N–H and O–H groups in total. The van der Waals surface area contributed by atoms with Gasteiger partial charge in [-0.2, -0.15) is 0 Å². The maximum absolute atomic E-state index is 12.2. The molecule has 3 nitrogen and oxygen atoms in total. The molecule has 0 radical (unpaired) electrons. The van der Waals surface area contributed by atoms with E-state index in [1.807, 2.05) is 19.2 Å². The first-order chi connectivity index (χ1) is 7.68. The highest BCUT2D eigenvalue weighted by atomic mass is 16.1. The fourth-order valence-electron chi connectivity index (χ4n) is 2.40. The van der Waals surface area contributed by atoms with Crippen LogP contribution in [0.3, 0.4) is 0 Å². The fourth-order valence-corrected chi connectivity index (χ4v) is 2.40. The molecular formula is C13H14N2O. The van der Waals surface area contributed by atoms with Crippen LogP contribution in [0.5, 0.6) is 0 Å². The smallest absolute Gasteiger partial charge is 0.261 e. The number of aryl methyl sites for hydroxylation is 3. The monoisotopic (exact) mass is 214 g/mol. The summed E-state index contributed by atoms with van der Waals surface area (Å²) in [6.07, 6.45) is 4.74. The third kappa shape index (κ3) is 1.14. The second kappa shape index (κ2) is 3.17. The van der Waals surface area contributed by atoms with Gasteiger partial charge < -0.3 is 0 Å². The fraction of sp³-hybridized carbons (Fsp3) is 0.385. The molecule has 0 amide bonds. The normalized spacial score (nSPS) is 14.4. The molecule has 0 saturated carbocycles. The Labute approximate surface area is 93.8 Å². The molecule has 0 aliphatic heterocycles. The zero-order valence-electron chi connectivity index (χ0n) is 9.58. The van der Waals surface area contributed by atoms with Crippen LogP contribution in [0.2, 0.25) is 0 Å². The molecule has 0 atom stereocenters. The summed E-state index contributed by atoms with van der Waals surface area (Å²) < 4.78 is 1.69. The predicted molar refractivity (Wildman–Crippen MR) is 63.0 cm³/mol. The van der Waals surface area contributed by atoms with Gasteiger partial charge in [-0.05, 0) is 50.3 Å². The van der Waals surface area contributed by atoms with Gasteiger partial charge in [0.15, 0.2) is 0 Å². The zero-order chi connectivity index (χ0) is 11.3. The maximum Gasteiger partial charge on any atom is 0.261 e. The number of pyridine rings is 1. The minimum Gasteiger partial charge on any atom is -0.269 e. The average Bonchev–Trinajstić information content (AvgIpc) is 2.73. The van der Waals surface area contributed by atoms with Crippen molar-refractivity contribution in [2.75, 3.05) is 0 Å². The molecule has 0 spiro atoms. The Balaban J connectivity index is 2.51. The van der Waals surface area contributed by atoms with E-state index >= 15 is 0 Å². The molecule has 1 aliphatic rings. The first-order valence-electron chi connectivity index (χ1n) is 5.69. The Kier molecular flexibility index (Phi) is 1.90. The second-order valence-electron chi connectivity index (χ2n) is 4.51. The van der Waals surface area contributed by atoms with Crippen molar-refractivity contribution in [1.82, 2.24) is 9.38 Å². The average molecular weight is 214 g/mol. The number of aromatic nitrogens is 2. The molecule has 16 heavy (non-hydrogen) atoms. The van der Waals surface area contributed by atoms with Gasteiger partial charge in [0.25, 0.3) is 5.56 Å². The van der Waals surface area contributed by atoms with E-state index in [0.29, 0.717) is 0 Å². The molecule has 3 heteroatoms. The molecule has 2 heterocycles. The lowest BCUT2D eigenvalue weighted by atomic mass is 10.1. The van der Waals surface area contributed by atoms with Crippen molar-refractivity contribution >= 4 is 5.65 Å². The highest BCUT2D eigenvalue weighted by molar-refractivity contribution is 5.52. The topological polar surface area (TPSA) is 34.4 Å². The van der Waals surface area contributed by atoms with Crippen LogP contribution < -0.4 is 5.56 Å². The second-order valence-corrected chi connectivity index (χ2v) is 4.51. The highest BCUT2D eigenvalue weighted by Crippen LogP contribution is 2.19. The van der Waals surface area contributed by atoms with Gasteiger partial charge in [0.2, 0.25) is 0 Å². The minimum atomic E-state index is 0.126. The number of rotatable bonds is 0.